The molecule has 46 valence electrons. The Morgan fingerprint density at radius 3 is 3.12 bits per heavy atom. The second-order valence-electron chi connectivity index (χ2n) is 2.17. The first kappa shape index (κ1) is 6.17. The highest BCUT2D eigenvalue weighted by Crippen LogP contribution is 1.99. The molecule has 0 aromatic rings. The first-order valence-electron chi connectivity index (χ1n) is 3.12. The first-order chi connectivity index (χ1) is 3.89. The van der Waals surface area contributed by atoms with E-state index in [9.17, 15) is 0 Å². The van der Waals surface area contributed by atoms with E-state index in [1.54, 1.807) is 0 Å². The van der Waals surface area contributed by atoms with Crippen molar-refractivity contribution in [2.45, 2.75) is 19.3 Å². The summed E-state index contributed by atoms with van der Waals surface area (Å²) >= 11 is 5.03. The molecule has 0 aliphatic carbocycles. The van der Waals surface area contributed by atoms with Crippen molar-refractivity contribution in [3.63, 3.8) is 0 Å². The van der Waals surface area contributed by atoms with E-state index < -0.39 is 0 Å². The summed E-state index contributed by atoms with van der Waals surface area (Å²) in [4.78, 5) is 1.20. The van der Waals surface area contributed by atoms with Crippen molar-refractivity contribution in [1.29, 1.82) is 0 Å². The Morgan fingerprint density at radius 1 is 1.38 bits per heavy atom. The van der Waals surface area contributed by atoms with Gasteiger partial charge >= 0.3 is 0 Å². The van der Waals surface area contributed by atoms with Crippen LogP contribution < -0.4 is 5.32 Å². The third kappa shape index (κ3) is 1.88. The van der Waals surface area contributed by atoms with Crippen molar-refractivity contribution >= 4 is 17.1 Å². The van der Waals surface area contributed by atoms with Crippen LogP contribution in [0.15, 0.2) is 0 Å². The minimum atomic E-state index is 0.968. The van der Waals surface area contributed by atoms with Crippen molar-refractivity contribution in [2.24, 2.45) is 0 Å². The van der Waals surface area contributed by atoms with Gasteiger partial charge in [0.25, 0.3) is 0 Å². The smallest absolute Gasteiger partial charge is 0.0269 e. The molecule has 2 heteroatoms. The van der Waals surface area contributed by atoms with Gasteiger partial charge in [0.05, 0.1) is 0 Å². The van der Waals surface area contributed by atoms with E-state index in [0.29, 0.717) is 0 Å². The molecule has 1 N–H and O–H groups in total. The molecule has 0 saturated carbocycles. The van der Waals surface area contributed by atoms with Gasteiger partial charge in [0.15, 0.2) is 0 Å². The third-order valence-corrected chi connectivity index (χ3v) is 1.73. The molecule has 0 radical (unpaired) electrons. The Bertz CT molecular complexity index is 80.5. The molecule has 0 unspecified atom stereocenters. The minimum absolute atomic E-state index is 0.968. The molecular weight excluding hydrogens is 118 g/mol. The molecule has 8 heavy (non-hydrogen) atoms. The molecule has 1 aliphatic heterocycles. The monoisotopic (exact) mass is 129 g/mol. The summed E-state index contributed by atoms with van der Waals surface area (Å²) in [6.45, 7) is 2.12. The molecular formula is C6H11NS. The molecule has 0 spiro atoms. The van der Waals surface area contributed by atoms with Crippen LogP contribution in [0.1, 0.15) is 19.3 Å². The van der Waals surface area contributed by atoms with E-state index >= 15 is 0 Å². The van der Waals surface area contributed by atoms with Crippen molar-refractivity contribution < 1.29 is 0 Å². The predicted molar refractivity (Wildman–Crippen MR) is 39.3 cm³/mol. The highest BCUT2D eigenvalue weighted by atomic mass is 32.1. The molecule has 1 rings (SSSR count). The average Bonchev–Trinajstić information content (AvgIpc) is 1.94. The van der Waals surface area contributed by atoms with Crippen LogP contribution in [0.25, 0.3) is 0 Å². The Labute approximate surface area is 55.5 Å². The van der Waals surface area contributed by atoms with Crippen LogP contribution in [-0.4, -0.2) is 18.0 Å². The van der Waals surface area contributed by atoms with Gasteiger partial charge in [0.1, 0.15) is 0 Å². The third-order valence-electron chi connectivity index (χ3n) is 1.38. The van der Waals surface area contributed by atoms with E-state index in [0.717, 1.165) is 19.5 Å². The maximum Gasteiger partial charge on any atom is 0.0269 e. The Morgan fingerprint density at radius 2 is 2.25 bits per heavy atom. The number of thiocarbonyl (C=S) groups is 1. The maximum absolute atomic E-state index is 5.03. The van der Waals surface area contributed by atoms with E-state index in [-0.39, 0.29) is 0 Å². The number of nitrogens with one attached hydrogen (secondary N) is 1. The van der Waals surface area contributed by atoms with Crippen LogP contribution in [0, 0.1) is 0 Å². The van der Waals surface area contributed by atoms with Gasteiger partial charge in [-0.2, -0.15) is 0 Å². The second-order valence-corrected chi connectivity index (χ2v) is 2.75. The van der Waals surface area contributed by atoms with Gasteiger partial charge in [-0.05, 0) is 25.8 Å². The predicted octanol–water partition coefficient (Wildman–Crippen LogP) is 1.13. The Hall–Kier alpha value is 0.0500. The van der Waals surface area contributed by atoms with Crippen molar-refractivity contribution in [3.05, 3.63) is 0 Å². The van der Waals surface area contributed by atoms with E-state index in [1.807, 2.05) is 0 Å². The second kappa shape index (κ2) is 3.15. The van der Waals surface area contributed by atoms with Gasteiger partial charge in [0.2, 0.25) is 0 Å². The molecule has 1 nitrogen and oxygen atoms in total. The number of rotatable bonds is 0. The van der Waals surface area contributed by atoms with Gasteiger partial charge < -0.3 is 5.32 Å². The fraction of sp³-hybridized carbons (Fsp3) is 0.833. The fourth-order valence-electron chi connectivity index (χ4n) is 0.888. The molecule has 0 bridgehead atoms. The van der Waals surface area contributed by atoms with Crippen LogP contribution in [-0.2, 0) is 0 Å². The van der Waals surface area contributed by atoms with Crippen LogP contribution >= 0.6 is 12.2 Å². The number of hydrogen-bond acceptors (Lipinski definition) is 2. The van der Waals surface area contributed by atoms with E-state index in [2.05, 4.69) is 5.32 Å². The minimum Gasteiger partial charge on any atom is -0.312 e. The molecule has 1 fully saturated rings. The van der Waals surface area contributed by atoms with Gasteiger partial charge in [0, 0.05) is 11.4 Å². The summed E-state index contributed by atoms with van der Waals surface area (Å²) in [5, 5.41) is 3.26. The summed E-state index contributed by atoms with van der Waals surface area (Å²) in [5.41, 5.74) is 0. The van der Waals surface area contributed by atoms with E-state index in [1.165, 1.54) is 17.7 Å². The standard InChI is InChI=1S/C6H11NS/c8-6-3-1-2-4-7-5-6/h7H,1-5H2. The fourth-order valence-corrected chi connectivity index (χ4v) is 1.13. The molecule has 0 aromatic heterocycles. The van der Waals surface area contributed by atoms with Gasteiger partial charge in [-0.25, -0.2) is 0 Å². The normalized spacial score (nSPS) is 22.8. The lowest BCUT2D eigenvalue weighted by Gasteiger charge is -1.94. The maximum atomic E-state index is 5.03. The molecule has 0 aromatic carbocycles. The topological polar surface area (TPSA) is 12.0 Å². The summed E-state index contributed by atoms with van der Waals surface area (Å²) < 4.78 is 0. The zero-order chi connectivity index (χ0) is 5.82. The molecule has 1 saturated heterocycles. The van der Waals surface area contributed by atoms with Gasteiger partial charge in [-0.1, -0.05) is 12.2 Å². The van der Waals surface area contributed by atoms with Crippen LogP contribution in [0.3, 0.4) is 0 Å². The zero-order valence-corrected chi connectivity index (χ0v) is 5.76. The van der Waals surface area contributed by atoms with Crippen molar-refractivity contribution in [3.8, 4) is 0 Å². The molecule has 1 heterocycles. The lowest BCUT2D eigenvalue weighted by atomic mass is 10.2. The lowest BCUT2D eigenvalue weighted by Crippen LogP contribution is -2.18. The Kier molecular flexibility index (Phi) is 2.43. The van der Waals surface area contributed by atoms with Crippen LogP contribution in [0.4, 0.5) is 0 Å². The van der Waals surface area contributed by atoms with Gasteiger partial charge in [-0.3, -0.25) is 0 Å². The molecule has 1 aliphatic rings. The summed E-state index contributed by atoms with van der Waals surface area (Å²) in [5.74, 6) is 0. The SMILES string of the molecule is S=C1CCCCNC1. The largest absolute Gasteiger partial charge is 0.312 e. The molecule has 0 atom stereocenters. The van der Waals surface area contributed by atoms with Crippen molar-refractivity contribution in [2.75, 3.05) is 13.1 Å². The number of hydrogen-bond donors (Lipinski definition) is 1. The van der Waals surface area contributed by atoms with Crippen LogP contribution in [0.2, 0.25) is 0 Å². The lowest BCUT2D eigenvalue weighted by molar-refractivity contribution is 0.710. The van der Waals surface area contributed by atoms with E-state index in [4.69, 9.17) is 12.2 Å². The summed E-state index contributed by atoms with van der Waals surface area (Å²) in [7, 11) is 0. The first-order valence-corrected chi connectivity index (χ1v) is 3.53. The summed E-state index contributed by atoms with van der Waals surface area (Å²) in [6, 6.07) is 0. The highest BCUT2D eigenvalue weighted by molar-refractivity contribution is 7.80. The average molecular weight is 129 g/mol. The van der Waals surface area contributed by atoms with Crippen molar-refractivity contribution in [1.82, 2.24) is 5.32 Å². The Balaban J connectivity index is 2.27. The van der Waals surface area contributed by atoms with Gasteiger partial charge in [-0.15, -0.1) is 0 Å². The zero-order valence-electron chi connectivity index (χ0n) is 4.94. The van der Waals surface area contributed by atoms with Crippen LogP contribution in [0.5, 0.6) is 0 Å². The highest BCUT2D eigenvalue weighted by Gasteiger charge is 2.00. The summed E-state index contributed by atoms with van der Waals surface area (Å²) in [6.07, 6.45) is 3.73. The quantitative estimate of drug-likeness (QED) is 0.492. The molecule has 0 amide bonds.